The molecule has 11 heteroatoms. The normalized spacial score (nSPS) is 12.9. The highest BCUT2D eigenvalue weighted by molar-refractivity contribution is 5.92. The topological polar surface area (TPSA) is 72.8 Å². The molecule has 0 unspecified atom stereocenters. The summed E-state index contributed by atoms with van der Waals surface area (Å²) >= 11 is 0. The molecule has 5 nitrogen and oxygen atoms in total. The van der Waals surface area contributed by atoms with Crippen LogP contribution in [0.5, 0.6) is 0 Å². The second-order valence-corrected chi connectivity index (χ2v) is 5.10. The van der Waals surface area contributed by atoms with Crippen molar-refractivity contribution < 1.29 is 41.4 Å². The first-order valence-corrected chi connectivity index (χ1v) is 6.92. The van der Waals surface area contributed by atoms with Gasteiger partial charge in [-0.15, -0.1) is 0 Å². The van der Waals surface area contributed by atoms with Gasteiger partial charge in [0.1, 0.15) is 0 Å². The average Bonchev–Trinajstić information content (AvgIpc) is 2.50. The Morgan fingerprint density at radius 1 is 1.16 bits per heavy atom. The van der Waals surface area contributed by atoms with Crippen molar-refractivity contribution in [2.45, 2.75) is 31.5 Å². The summed E-state index contributed by atoms with van der Waals surface area (Å²) in [5.41, 5.74) is -7.11. The minimum Gasteiger partial charge on any atom is -0.392 e. The molecule has 0 radical (unpaired) electrons. The lowest BCUT2D eigenvalue weighted by Crippen LogP contribution is -2.54. The van der Waals surface area contributed by atoms with E-state index in [1.165, 1.54) is 7.05 Å². The lowest BCUT2D eigenvalue weighted by molar-refractivity contribution is -0.376. The van der Waals surface area contributed by atoms with Gasteiger partial charge in [0.15, 0.2) is 0 Å². The predicted octanol–water partition coefficient (Wildman–Crippen LogP) is 2.66. The number of carbonyl (C=O) groups excluding carboxylic acids is 1. The summed E-state index contributed by atoms with van der Waals surface area (Å²) in [7, 11) is 1.22. The molecule has 142 valence electrons. The number of aliphatic hydroxyl groups is 2. The second kappa shape index (κ2) is 7.08. The zero-order valence-corrected chi connectivity index (χ0v) is 13.2. The lowest BCUT2D eigenvalue weighted by atomic mass is 9.90. The van der Waals surface area contributed by atoms with Crippen molar-refractivity contribution in [1.29, 1.82) is 0 Å². The molecule has 0 fully saturated rings. The number of urea groups is 1. The highest BCUT2D eigenvalue weighted by Gasteiger charge is 2.71. The Kier molecular flexibility index (Phi) is 5.96. The predicted molar refractivity (Wildman–Crippen MR) is 75.8 cm³/mol. The molecule has 3 N–H and O–H groups in total. The number of benzene rings is 1. The maximum Gasteiger partial charge on any atom is 0.430 e. The number of rotatable bonds is 4. The molecular formula is C14H16F6N2O3. The number of nitrogens with zero attached hydrogens (tertiary/aromatic N) is 1. The van der Waals surface area contributed by atoms with Crippen LogP contribution in [0.25, 0.3) is 0 Å². The van der Waals surface area contributed by atoms with Crippen molar-refractivity contribution in [3.63, 3.8) is 0 Å². The Morgan fingerprint density at radius 2 is 1.68 bits per heavy atom. The monoisotopic (exact) mass is 374 g/mol. The fraction of sp³-hybridized carbons (Fsp3) is 0.500. The van der Waals surface area contributed by atoms with Gasteiger partial charge in [0.2, 0.25) is 0 Å². The number of hydrogen-bond donors (Lipinski definition) is 3. The number of anilines is 1. The second-order valence-electron chi connectivity index (χ2n) is 5.10. The molecule has 0 aliphatic rings. The molecule has 0 aliphatic carbocycles. The number of carbonyl (C=O) groups is 1. The van der Waals surface area contributed by atoms with E-state index in [4.69, 9.17) is 0 Å². The van der Waals surface area contributed by atoms with E-state index < -0.39 is 41.7 Å². The first-order chi connectivity index (χ1) is 11.3. The van der Waals surface area contributed by atoms with E-state index in [0.717, 1.165) is 11.0 Å². The van der Waals surface area contributed by atoms with Gasteiger partial charge in [-0.2, -0.15) is 26.3 Å². The Morgan fingerprint density at radius 3 is 2.08 bits per heavy atom. The summed E-state index contributed by atoms with van der Waals surface area (Å²) in [5, 5.41) is 21.0. The number of amides is 2. The zero-order chi connectivity index (χ0) is 19.6. The molecule has 25 heavy (non-hydrogen) atoms. The highest BCUT2D eigenvalue weighted by atomic mass is 19.4. The van der Waals surface area contributed by atoms with Gasteiger partial charge in [-0.25, -0.2) is 4.79 Å². The van der Waals surface area contributed by atoms with Crippen LogP contribution in [0.2, 0.25) is 0 Å². The van der Waals surface area contributed by atoms with E-state index in [1.54, 1.807) is 6.92 Å². The van der Waals surface area contributed by atoms with Gasteiger partial charge >= 0.3 is 18.4 Å². The molecule has 1 rings (SSSR count). The first-order valence-electron chi connectivity index (χ1n) is 6.92. The molecule has 1 aromatic rings. The third-order valence-corrected chi connectivity index (χ3v) is 3.48. The quantitative estimate of drug-likeness (QED) is 0.710. The summed E-state index contributed by atoms with van der Waals surface area (Å²) < 4.78 is 77.4. The lowest BCUT2D eigenvalue weighted by Gasteiger charge is -2.33. The van der Waals surface area contributed by atoms with Crippen LogP contribution in [0.3, 0.4) is 0 Å². The number of aliphatic hydroxyl groups excluding tert-OH is 1. The number of nitrogens with one attached hydrogen (secondary N) is 1. The summed E-state index contributed by atoms with van der Waals surface area (Å²) in [6, 6.07) is 0.891. The summed E-state index contributed by atoms with van der Waals surface area (Å²) in [4.78, 5) is 12.7. The standard InChI is InChI=1S/C14H16F6N2O3/c1-3-21-11(24)22(2)10-5-4-9(6-8(10)7-23)12(25,13(15,16)17)14(18,19)20/h4-6,23,25H,3,7H2,1-2H3,(H,21,24). The van der Waals surface area contributed by atoms with Gasteiger partial charge < -0.3 is 15.5 Å². The largest absolute Gasteiger partial charge is 0.430 e. The Bertz CT molecular complexity index is 616. The number of halogens is 6. The van der Waals surface area contributed by atoms with E-state index in [2.05, 4.69) is 5.32 Å². The van der Waals surface area contributed by atoms with Crippen LogP contribution >= 0.6 is 0 Å². The maximum atomic E-state index is 12.9. The molecule has 0 heterocycles. The Labute approximate surface area is 138 Å². The SMILES string of the molecule is CCNC(=O)N(C)c1ccc(C(O)(C(F)(F)F)C(F)(F)F)cc1CO. The van der Waals surface area contributed by atoms with Crippen LogP contribution in [-0.4, -0.2) is 42.2 Å². The minimum atomic E-state index is -6.04. The molecule has 1 aromatic carbocycles. The van der Waals surface area contributed by atoms with Crippen molar-refractivity contribution in [2.24, 2.45) is 0 Å². The molecule has 0 saturated heterocycles. The molecule has 0 spiro atoms. The molecule has 2 amide bonds. The maximum absolute atomic E-state index is 12.9. The van der Waals surface area contributed by atoms with Crippen molar-refractivity contribution in [1.82, 2.24) is 5.32 Å². The number of alkyl halides is 6. The average molecular weight is 374 g/mol. The third-order valence-electron chi connectivity index (χ3n) is 3.48. The summed E-state index contributed by atoms with van der Waals surface area (Å²) in [6.07, 6.45) is -12.1. The molecule has 0 aromatic heterocycles. The van der Waals surface area contributed by atoms with Gasteiger partial charge in [0.05, 0.1) is 12.3 Å². The number of hydrogen-bond acceptors (Lipinski definition) is 3. The van der Waals surface area contributed by atoms with Crippen molar-refractivity contribution in [3.05, 3.63) is 29.3 Å². The summed E-state index contributed by atoms with van der Waals surface area (Å²) in [5.74, 6) is 0. The van der Waals surface area contributed by atoms with Crippen molar-refractivity contribution >= 4 is 11.7 Å². The van der Waals surface area contributed by atoms with Gasteiger partial charge in [-0.1, -0.05) is 6.07 Å². The molecular weight excluding hydrogens is 358 g/mol. The zero-order valence-electron chi connectivity index (χ0n) is 13.2. The fourth-order valence-electron chi connectivity index (χ4n) is 2.13. The fourth-order valence-corrected chi connectivity index (χ4v) is 2.13. The highest BCUT2D eigenvalue weighted by Crippen LogP contribution is 2.50. The van der Waals surface area contributed by atoms with Gasteiger partial charge in [0.25, 0.3) is 5.60 Å². The van der Waals surface area contributed by atoms with Crippen LogP contribution in [0.1, 0.15) is 18.1 Å². The van der Waals surface area contributed by atoms with Crippen LogP contribution in [0, 0.1) is 0 Å². The van der Waals surface area contributed by atoms with E-state index >= 15 is 0 Å². The summed E-state index contributed by atoms with van der Waals surface area (Å²) in [6.45, 7) is 0.894. The molecule has 0 aliphatic heterocycles. The van der Waals surface area contributed by atoms with Gasteiger partial charge in [-0.05, 0) is 19.1 Å². The first kappa shape index (κ1) is 21.0. The molecule has 0 atom stereocenters. The van der Waals surface area contributed by atoms with E-state index in [0.29, 0.717) is 12.1 Å². The van der Waals surface area contributed by atoms with E-state index in [1.807, 2.05) is 0 Å². The van der Waals surface area contributed by atoms with E-state index in [-0.39, 0.29) is 12.2 Å². The van der Waals surface area contributed by atoms with E-state index in [9.17, 15) is 41.4 Å². The minimum absolute atomic E-state index is 0.108. The van der Waals surface area contributed by atoms with Crippen molar-refractivity contribution in [2.75, 3.05) is 18.5 Å². The third kappa shape index (κ3) is 3.82. The van der Waals surface area contributed by atoms with Gasteiger partial charge in [-0.3, -0.25) is 4.90 Å². The Hall–Kier alpha value is -2.01. The van der Waals surface area contributed by atoms with Crippen LogP contribution in [0.4, 0.5) is 36.8 Å². The van der Waals surface area contributed by atoms with Crippen molar-refractivity contribution in [3.8, 4) is 0 Å². The van der Waals surface area contributed by atoms with Crippen LogP contribution < -0.4 is 10.2 Å². The van der Waals surface area contributed by atoms with Gasteiger partial charge in [0, 0.05) is 24.7 Å². The Balaban J connectivity index is 3.48. The van der Waals surface area contributed by atoms with Crippen LogP contribution in [-0.2, 0) is 12.2 Å². The smallest absolute Gasteiger partial charge is 0.392 e. The molecule has 0 bridgehead atoms. The molecule has 0 saturated carbocycles. The van der Waals surface area contributed by atoms with Crippen LogP contribution in [0.15, 0.2) is 18.2 Å².